The molecule has 0 radical (unpaired) electrons. The molecule has 0 fully saturated rings. The summed E-state index contributed by atoms with van der Waals surface area (Å²) in [4.78, 5) is 0.364. The van der Waals surface area contributed by atoms with Gasteiger partial charge in [0.2, 0.25) is 0 Å². The SMILES string of the molecule is FC(F)c1cc(CCCBr)ccc1S. The summed E-state index contributed by atoms with van der Waals surface area (Å²) in [6.07, 6.45) is -0.667. The van der Waals surface area contributed by atoms with Gasteiger partial charge in [-0.25, -0.2) is 8.78 Å². The number of benzene rings is 1. The van der Waals surface area contributed by atoms with E-state index in [1.54, 1.807) is 6.07 Å². The van der Waals surface area contributed by atoms with Crippen LogP contribution in [0, 0.1) is 0 Å². The second kappa shape index (κ2) is 5.71. The van der Waals surface area contributed by atoms with E-state index in [1.165, 1.54) is 6.07 Å². The van der Waals surface area contributed by atoms with Gasteiger partial charge in [0.15, 0.2) is 0 Å². The molecule has 0 saturated carbocycles. The molecule has 0 bridgehead atoms. The standard InChI is InChI=1S/C10H11BrF2S/c11-5-1-2-7-3-4-9(14)8(6-7)10(12)13/h3-4,6,10,14H,1-2,5H2. The summed E-state index contributed by atoms with van der Waals surface area (Å²) >= 11 is 7.29. The number of hydrogen-bond donors (Lipinski definition) is 1. The van der Waals surface area contributed by atoms with Gasteiger partial charge >= 0.3 is 0 Å². The van der Waals surface area contributed by atoms with Gasteiger partial charge in [-0.15, -0.1) is 12.6 Å². The predicted octanol–water partition coefficient (Wildman–Crippen LogP) is 4.24. The second-order valence-corrected chi connectivity index (χ2v) is 4.26. The van der Waals surface area contributed by atoms with Gasteiger partial charge in [-0.05, 0) is 30.5 Å². The number of hydrogen-bond acceptors (Lipinski definition) is 1. The summed E-state index contributed by atoms with van der Waals surface area (Å²) in [7, 11) is 0. The van der Waals surface area contributed by atoms with E-state index >= 15 is 0 Å². The molecule has 0 unspecified atom stereocenters. The van der Waals surface area contributed by atoms with Crippen LogP contribution >= 0.6 is 28.6 Å². The van der Waals surface area contributed by atoms with Crippen LogP contribution in [0.25, 0.3) is 0 Å². The molecule has 0 amide bonds. The molecule has 0 aliphatic carbocycles. The van der Waals surface area contributed by atoms with Gasteiger partial charge in [-0.3, -0.25) is 0 Å². The maximum Gasteiger partial charge on any atom is 0.264 e. The molecule has 1 aromatic carbocycles. The van der Waals surface area contributed by atoms with Gasteiger partial charge in [0.1, 0.15) is 0 Å². The fourth-order valence-corrected chi connectivity index (χ4v) is 1.72. The average molecular weight is 281 g/mol. The van der Waals surface area contributed by atoms with Gasteiger partial charge in [0.25, 0.3) is 6.43 Å². The minimum absolute atomic E-state index is 0.0282. The molecule has 1 rings (SSSR count). The fourth-order valence-electron chi connectivity index (χ4n) is 1.21. The van der Waals surface area contributed by atoms with Crippen LogP contribution in [-0.4, -0.2) is 5.33 Å². The van der Waals surface area contributed by atoms with E-state index in [9.17, 15) is 8.78 Å². The summed E-state index contributed by atoms with van der Waals surface area (Å²) in [5.41, 5.74) is 0.970. The molecule has 0 N–H and O–H groups in total. The van der Waals surface area contributed by atoms with Crippen molar-refractivity contribution in [3.05, 3.63) is 29.3 Å². The van der Waals surface area contributed by atoms with Crippen molar-refractivity contribution in [1.82, 2.24) is 0 Å². The first-order valence-electron chi connectivity index (χ1n) is 4.31. The minimum Gasteiger partial charge on any atom is -0.205 e. The highest BCUT2D eigenvalue weighted by atomic mass is 79.9. The Bertz CT molecular complexity index is 302. The van der Waals surface area contributed by atoms with Crippen molar-refractivity contribution < 1.29 is 8.78 Å². The zero-order chi connectivity index (χ0) is 10.6. The molecule has 0 atom stereocenters. The topological polar surface area (TPSA) is 0 Å². The van der Waals surface area contributed by atoms with Crippen molar-refractivity contribution in [2.75, 3.05) is 5.33 Å². The molecule has 0 aliphatic heterocycles. The fraction of sp³-hybridized carbons (Fsp3) is 0.400. The van der Waals surface area contributed by atoms with E-state index in [0.717, 1.165) is 23.7 Å². The number of thiol groups is 1. The van der Waals surface area contributed by atoms with E-state index in [0.29, 0.717) is 4.90 Å². The molecule has 0 aromatic heterocycles. The van der Waals surface area contributed by atoms with E-state index in [-0.39, 0.29) is 5.56 Å². The van der Waals surface area contributed by atoms with Gasteiger partial charge in [0.05, 0.1) is 0 Å². The van der Waals surface area contributed by atoms with E-state index in [1.807, 2.05) is 6.07 Å². The normalized spacial score (nSPS) is 10.9. The summed E-state index contributed by atoms with van der Waals surface area (Å²) in [6, 6.07) is 5.01. The zero-order valence-electron chi connectivity index (χ0n) is 7.51. The number of rotatable bonds is 4. The van der Waals surface area contributed by atoms with Gasteiger partial charge < -0.3 is 0 Å². The lowest BCUT2D eigenvalue weighted by Gasteiger charge is -2.06. The highest BCUT2D eigenvalue weighted by molar-refractivity contribution is 9.09. The molecular formula is C10H11BrF2S. The van der Waals surface area contributed by atoms with E-state index < -0.39 is 6.43 Å². The van der Waals surface area contributed by atoms with Crippen molar-refractivity contribution in [2.45, 2.75) is 24.2 Å². The Morgan fingerprint density at radius 3 is 2.64 bits per heavy atom. The Kier molecular flexibility index (Phi) is 4.89. The first-order valence-corrected chi connectivity index (χ1v) is 5.88. The van der Waals surface area contributed by atoms with Crippen molar-refractivity contribution in [3.8, 4) is 0 Å². The monoisotopic (exact) mass is 280 g/mol. The van der Waals surface area contributed by atoms with Crippen LogP contribution in [0.4, 0.5) is 8.78 Å². The summed E-state index contributed by atoms with van der Waals surface area (Å²) in [6.45, 7) is 0. The minimum atomic E-state index is -2.44. The lowest BCUT2D eigenvalue weighted by atomic mass is 10.1. The molecule has 14 heavy (non-hydrogen) atoms. The molecule has 78 valence electrons. The molecule has 1 aromatic rings. The van der Waals surface area contributed by atoms with Crippen molar-refractivity contribution in [1.29, 1.82) is 0 Å². The average Bonchev–Trinajstić information content (AvgIpc) is 2.16. The van der Waals surface area contributed by atoms with Crippen LogP contribution < -0.4 is 0 Å². The third kappa shape index (κ3) is 3.24. The molecule has 0 saturated heterocycles. The van der Waals surface area contributed by atoms with Crippen molar-refractivity contribution >= 4 is 28.6 Å². The first kappa shape index (κ1) is 12.0. The number of alkyl halides is 3. The summed E-state index contributed by atoms with van der Waals surface area (Å²) in [5, 5.41) is 0.889. The van der Waals surface area contributed by atoms with Crippen LogP contribution in [-0.2, 0) is 6.42 Å². The largest absolute Gasteiger partial charge is 0.264 e. The maximum atomic E-state index is 12.5. The molecule has 0 spiro atoms. The quantitative estimate of drug-likeness (QED) is 0.619. The van der Waals surface area contributed by atoms with Crippen LogP contribution in [0.2, 0.25) is 0 Å². The van der Waals surface area contributed by atoms with Crippen molar-refractivity contribution in [2.24, 2.45) is 0 Å². The van der Waals surface area contributed by atoms with Crippen LogP contribution in [0.1, 0.15) is 24.0 Å². The van der Waals surface area contributed by atoms with Gasteiger partial charge in [-0.2, -0.15) is 0 Å². The first-order chi connectivity index (χ1) is 6.65. The maximum absolute atomic E-state index is 12.5. The Morgan fingerprint density at radius 2 is 2.07 bits per heavy atom. The highest BCUT2D eigenvalue weighted by Crippen LogP contribution is 2.26. The Hall–Kier alpha value is -0.0900. The second-order valence-electron chi connectivity index (χ2n) is 2.99. The summed E-state index contributed by atoms with van der Waals surface area (Å²) in [5.74, 6) is 0. The number of halogens is 3. The predicted molar refractivity (Wildman–Crippen MR) is 60.8 cm³/mol. The Balaban J connectivity index is 2.83. The molecule has 0 aliphatic rings. The molecule has 4 heteroatoms. The van der Waals surface area contributed by atoms with Crippen LogP contribution in [0.15, 0.2) is 23.1 Å². The lowest BCUT2D eigenvalue weighted by Crippen LogP contribution is -1.92. The zero-order valence-corrected chi connectivity index (χ0v) is 9.99. The van der Waals surface area contributed by atoms with E-state index in [4.69, 9.17) is 0 Å². The third-order valence-electron chi connectivity index (χ3n) is 1.93. The van der Waals surface area contributed by atoms with Crippen LogP contribution in [0.3, 0.4) is 0 Å². The number of aryl methyl sites for hydroxylation is 1. The molecule has 0 heterocycles. The lowest BCUT2D eigenvalue weighted by molar-refractivity contribution is 0.148. The highest BCUT2D eigenvalue weighted by Gasteiger charge is 2.11. The molecule has 0 nitrogen and oxygen atoms in total. The van der Waals surface area contributed by atoms with Crippen molar-refractivity contribution in [3.63, 3.8) is 0 Å². The smallest absolute Gasteiger partial charge is 0.205 e. The van der Waals surface area contributed by atoms with Gasteiger partial charge in [0, 0.05) is 15.8 Å². The van der Waals surface area contributed by atoms with Gasteiger partial charge in [-0.1, -0.05) is 22.0 Å². The third-order valence-corrected chi connectivity index (χ3v) is 2.89. The van der Waals surface area contributed by atoms with Crippen LogP contribution in [0.5, 0.6) is 0 Å². The Labute approximate surface area is 96.2 Å². The Morgan fingerprint density at radius 1 is 1.36 bits per heavy atom. The van der Waals surface area contributed by atoms with E-state index in [2.05, 4.69) is 28.6 Å². The molecular weight excluding hydrogens is 270 g/mol. The summed E-state index contributed by atoms with van der Waals surface area (Å²) < 4.78 is 24.9.